The van der Waals surface area contributed by atoms with Gasteiger partial charge >= 0.3 is 0 Å². The molecule has 0 aliphatic carbocycles. The minimum absolute atomic E-state index is 0.107. The molecular formula is C16H15N7O2S. The molecule has 4 rings (SSSR count). The molecule has 0 bridgehead atoms. The first-order valence-corrected chi connectivity index (χ1v) is 8.83. The number of H-pyrrole nitrogens is 1. The second-order valence-corrected chi connectivity index (χ2v) is 6.86. The zero-order chi connectivity index (χ0) is 18.1. The van der Waals surface area contributed by atoms with Gasteiger partial charge in [-0.15, -0.1) is 11.3 Å². The fraction of sp³-hybridized carbons (Fsp3) is 0.250. The predicted octanol–water partition coefficient (Wildman–Crippen LogP) is 1.70. The van der Waals surface area contributed by atoms with Crippen LogP contribution in [0.4, 0.5) is 5.82 Å². The number of amides is 2. The molecule has 3 aromatic rings. The van der Waals surface area contributed by atoms with Crippen LogP contribution in [0.3, 0.4) is 0 Å². The zero-order valence-electron chi connectivity index (χ0n) is 13.8. The molecule has 9 nitrogen and oxygen atoms in total. The summed E-state index contributed by atoms with van der Waals surface area (Å²) in [5.41, 5.74) is 0.942. The number of imidazole rings is 1. The van der Waals surface area contributed by atoms with Crippen molar-refractivity contribution < 1.29 is 9.59 Å². The van der Waals surface area contributed by atoms with Gasteiger partial charge in [-0.1, -0.05) is 0 Å². The standard InChI is InChI=1S/C16H15N7O2S/c1-8(16-19-6-10(26-16)14-17-4-5-18-14)22-15(25)12-9-2-3-11(24)23-13(9)21-7-20-12/h4-8H,2-3H2,1H3,(H,17,18)(H,22,25)(H,20,21,23,24)/t8-/m1/s1. The summed E-state index contributed by atoms with van der Waals surface area (Å²) in [5, 5.41) is 6.34. The number of hydrogen-bond donors (Lipinski definition) is 3. The molecule has 10 heteroatoms. The number of nitrogens with zero attached hydrogens (tertiary/aromatic N) is 4. The van der Waals surface area contributed by atoms with Crippen molar-refractivity contribution in [2.75, 3.05) is 5.32 Å². The Morgan fingerprint density at radius 2 is 2.15 bits per heavy atom. The topological polar surface area (TPSA) is 126 Å². The molecule has 3 aromatic heterocycles. The molecule has 0 radical (unpaired) electrons. The molecule has 1 aliphatic rings. The number of carbonyl (C=O) groups is 2. The van der Waals surface area contributed by atoms with E-state index in [2.05, 4.69) is 35.6 Å². The Kier molecular flexibility index (Phi) is 4.17. The van der Waals surface area contributed by atoms with Crippen molar-refractivity contribution in [3.05, 3.63) is 41.2 Å². The Bertz CT molecular complexity index is 967. The van der Waals surface area contributed by atoms with Gasteiger partial charge < -0.3 is 15.6 Å². The molecule has 132 valence electrons. The maximum atomic E-state index is 12.7. The lowest BCUT2D eigenvalue weighted by Crippen LogP contribution is -2.30. The minimum Gasteiger partial charge on any atom is -0.344 e. The number of fused-ring (bicyclic) bond motifs is 1. The first-order valence-electron chi connectivity index (χ1n) is 8.02. The van der Waals surface area contributed by atoms with E-state index < -0.39 is 0 Å². The Morgan fingerprint density at radius 1 is 1.27 bits per heavy atom. The van der Waals surface area contributed by atoms with Crippen LogP contribution in [0.5, 0.6) is 0 Å². The summed E-state index contributed by atoms with van der Waals surface area (Å²) in [6.45, 7) is 1.86. The van der Waals surface area contributed by atoms with Crippen molar-refractivity contribution in [1.82, 2.24) is 30.2 Å². The molecule has 3 N–H and O–H groups in total. The maximum absolute atomic E-state index is 12.7. The van der Waals surface area contributed by atoms with Crippen molar-refractivity contribution in [1.29, 1.82) is 0 Å². The average Bonchev–Trinajstić information content (AvgIpc) is 3.32. The first kappa shape index (κ1) is 16.3. The van der Waals surface area contributed by atoms with E-state index in [0.29, 0.717) is 24.2 Å². The highest BCUT2D eigenvalue weighted by Crippen LogP contribution is 2.27. The largest absolute Gasteiger partial charge is 0.344 e. The number of anilines is 1. The Labute approximate surface area is 152 Å². The molecule has 0 saturated carbocycles. The van der Waals surface area contributed by atoms with Crippen molar-refractivity contribution in [2.45, 2.75) is 25.8 Å². The molecule has 1 atom stereocenters. The van der Waals surface area contributed by atoms with Gasteiger partial charge in [0.05, 0.1) is 10.9 Å². The van der Waals surface area contributed by atoms with Gasteiger partial charge in [-0.25, -0.2) is 19.9 Å². The summed E-state index contributed by atoms with van der Waals surface area (Å²) in [4.78, 5) is 44.8. The van der Waals surface area contributed by atoms with E-state index in [9.17, 15) is 9.59 Å². The van der Waals surface area contributed by atoms with Crippen LogP contribution in [0.2, 0.25) is 0 Å². The lowest BCUT2D eigenvalue weighted by atomic mass is 10.0. The number of nitrogens with one attached hydrogen (secondary N) is 3. The van der Waals surface area contributed by atoms with Crippen LogP contribution in [-0.2, 0) is 11.2 Å². The minimum atomic E-state index is -0.318. The number of carbonyl (C=O) groups excluding carboxylic acids is 2. The summed E-state index contributed by atoms with van der Waals surface area (Å²) in [6.07, 6.45) is 7.19. The van der Waals surface area contributed by atoms with E-state index in [-0.39, 0.29) is 23.6 Å². The normalized spacial score (nSPS) is 14.4. The van der Waals surface area contributed by atoms with Crippen molar-refractivity contribution >= 4 is 29.0 Å². The van der Waals surface area contributed by atoms with E-state index in [1.807, 2.05) is 6.92 Å². The summed E-state index contributed by atoms with van der Waals surface area (Å²) in [6, 6.07) is -0.292. The monoisotopic (exact) mass is 369 g/mol. The Balaban J connectivity index is 1.52. The number of aromatic nitrogens is 5. The van der Waals surface area contributed by atoms with Crippen LogP contribution < -0.4 is 10.6 Å². The highest BCUT2D eigenvalue weighted by molar-refractivity contribution is 7.15. The van der Waals surface area contributed by atoms with Gasteiger partial charge in [0.15, 0.2) is 0 Å². The second kappa shape index (κ2) is 6.64. The lowest BCUT2D eigenvalue weighted by Gasteiger charge is -2.18. The molecule has 2 amide bonds. The van der Waals surface area contributed by atoms with Crippen molar-refractivity contribution in [3.63, 3.8) is 0 Å². The third-order valence-electron chi connectivity index (χ3n) is 3.99. The Hall–Kier alpha value is -3.14. The van der Waals surface area contributed by atoms with Crippen LogP contribution >= 0.6 is 11.3 Å². The van der Waals surface area contributed by atoms with Crippen molar-refractivity contribution in [2.24, 2.45) is 0 Å². The van der Waals surface area contributed by atoms with Crippen LogP contribution in [-0.4, -0.2) is 36.7 Å². The molecule has 0 aromatic carbocycles. The van der Waals surface area contributed by atoms with E-state index in [0.717, 1.165) is 15.7 Å². The first-order chi connectivity index (χ1) is 12.6. The van der Waals surface area contributed by atoms with Gasteiger partial charge in [0.25, 0.3) is 5.91 Å². The van der Waals surface area contributed by atoms with Gasteiger partial charge in [0.1, 0.15) is 28.7 Å². The van der Waals surface area contributed by atoms with Gasteiger partial charge in [0.2, 0.25) is 5.91 Å². The molecule has 26 heavy (non-hydrogen) atoms. The van der Waals surface area contributed by atoms with Crippen LogP contribution in [0.15, 0.2) is 24.9 Å². The van der Waals surface area contributed by atoms with E-state index in [1.54, 1.807) is 18.6 Å². The Morgan fingerprint density at radius 3 is 2.96 bits per heavy atom. The zero-order valence-corrected chi connectivity index (χ0v) is 14.6. The third kappa shape index (κ3) is 3.06. The van der Waals surface area contributed by atoms with Gasteiger partial charge in [0, 0.05) is 30.6 Å². The number of aromatic amines is 1. The molecule has 0 saturated heterocycles. The number of hydrogen-bond acceptors (Lipinski definition) is 7. The quantitative estimate of drug-likeness (QED) is 0.643. The number of thiazole rings is 1. The van der Waals surface area contributed by atoms with Crippen LogP contribution in [0, 0.1) is 0 Å². The van der Waals surface area contributed by atoms with Crippen molar-refractivity contribution in [3.8, 4) is 10.7 Å². The average molecular weight is 369 g/mol. The molecule has 0 fully saturated rings. The summed E-state index contributed by atoms with van der Waals surface area (Å²) in [7, 11) is 0. The fourth-order valence-electron chi connectivity index (χ4n) is 2.71. The van der Waals surface area contributed by atoms with E-state index in [1.165, 1.54) is 17.7 Å². The summed E-state index contributed by atoms with van der Waals surface area (Å²) < 4.78 is 0. The molecule has 0 spiro atoms. The van der Waals surface area contributed by atoms with Crippen LogP contribution in [0.1, 0.15) is 40.4 Å². The summed E-state index contributed by atoms with van der Waals surface area (Å²) >= 11 is 1.46. The van der Waals surface area contributed by atoms with Gasteiger partial charge in [-0.3, -0.25) is 9.59 Å². The molecule has 0 unspecified atom stereocenters. The smallest absolute Gasteiger partial charge is 0.270 e. The molecule has 4 heterocycles. The van der Waals surface area contributed by atoms with E-state index in [4.69, 9.17) is 0 Å². The number of rotatable bonds is 4. The third-order valence-corrected chi connectivity index (χ3v) is 5.18. The van der Waals surface area contributed by atoms with Gasteiger partial charge in [-0.2, -0.15) is 0 Å². The fourth-order valence-corrected chi connectivity index (χ4v) is 3.59. The second-order valence-electron chi connectivity index (χ2n) is 5.79. The predicted molar refractivity (Wildman–Crippen MR) is 94.6 cm³/mol. The molecular weight excluding hydrogens is 354 g/mol. The lowest BCUT2D eigenvalue weighted by molar-refractivity contribution is -0.116. The van der Waals surface area contributed by atoms with Gasteiger partial charge in [-0.05, 0) is 13.3 Å². The van der Waals surface area contributed by atoms with E-state index >= 15 is 0 Å². The highest BCUT2D eigenvalue weighted by atomic mass is 32.1. The SMILES string of the molecule is C[C@@H](NC(=O)c1ncnc2c1CCC(=O)N2)c1ncc(-c2ncc[nH]2)s1. The molecule has 1 aliphatic heterocycles. The summed E-state index contributed by atoms with van der Waals surface area (Å²) in [5.74, 6) is 0.725. The van der Waals surface area contributed by atoms with Crippen LogP contribution in [0.25, 0.3) is 10.7 Å². The maximum Gasteiger partial charge on any atom is 0.270 e. The highest BCUT2D eigenvalue weighted by Gasteiger charge is 2.25.